The van der Waals surface area contributed by atoms with Crippen LogP contribution in [0.15, 0.2) is 48.7 Å². The van der Waals surface area contributed by atoms with E-state index in [-0.39, 0.29) is 16.8 Å². The number of carbonyl (C=O) groups excluding carboxylic acids is 2. The summed E-state index contributed by atoms with van der Waals surface area (Å²) in [7, 11) is 1.07. The Labute approximate surface area is 246 Å². The highest BCUT2D eigenvalue weighted by Crippen LogP contribution is 2.54. The topological polar surface area (TPSA) is 62.3 Å². The summed E-state index contributed by atoms with van der Waals surface area (Å²) in [6.45, 7) is 0. The van der Waals surface area contributed by atoms with Crippen molar-refractivity contribution in [1.82, 2.24) is 4.98 Å². The zero-order valence-corrected chi connectivity index (χ0v) is 23.2. The summed E-state index contributed by atoms with van der Waals surface area (Å²) < 4.78 is 149. The molecule has 0 radical (unpaired) electrons. The molecule has 1 aromatic heterocycles. The standard InChI is InChI=1S/C24H12ClF11IN3O2/c1-40(20(42)12-5-3-7-38-18(12)25)15-6-2-4-11(16(15)26)19(41)39-17-13(22(28,29)30)8-10(9-14(17)37)21(27,23(31,32)33)24(34,35)36/h2-9H,1H3,(H,39,41). The van der Waals surface area contributed by atoms with Gasteiger partial charge in [0.25, 0.3) is 11.8 Å². The Morgan fingerprint density at radius 1 is 0.905 bits per heavy atom. The molecule has 1 N–H and O–H groups in total. The van der Waals surface area contributed by atoms with Crippen molar-refractivity contribution < 1.29 is 57.9 Å². The molecule has 2 aromatic carbocycles. The molecule has 0 aliphatic rings. The summed E-state index contributed by atoms with van der Waals surface area (Å²) in [6.07, 6.45) is -17.9. The molecular weight excluding hydrogens is 734 g/mol. The van der Waals surface area contributed by atoms with Crippen molar-refractivity contribution in [2.45, 2.75) is 24.2 Å². The monoisotopic (exact) mass is 745 g/mol. The molecule has 0 bridgehead atoms. The SMILES string of the molecule is CN(C(=O)c1cccnc1Cl)c1cccc(C(=O)Nc2c(I)cc(C(F)(C(F)(F)F)C(F)(F)F)cc2C(F)(F)F)c1F. The van der Waals surface area contributed by atoms with Crippen molar-refractivity contribution in [2.75, 3.05) is 17.3 Å². The molecule has 226 valence electrons. The lowest BCUT2D eigenvalue weighted by Crippen LogP contribution is -2.50. The van der Waals surface area contributed by atoms with Crippen LogP contribution in [-0.4, -0.2) is 36.2 Å². The van der Waals surface area contributed by atoms with Gasteiger partial charge in [-0.25, -0.2) is 13.8 Å². The van der Waals surface area contributed by atoms with Crippen LogP contribution in [0.5, 0.6) is 0 Å². The molecule has 0 atom stereocenters. The van der Waals surface area contributed by atoms with Gasteiger partial charge >= 0.3 is 24.2 Å². The Hall–Kier alpha value is -3.22. The maximum atomic E-state index is 15.3. The van der Waals surface area contributed by atoms with E-state index >= 15 is 4.39 Å². The molecule has 3 aromatic rings. The Kier molecular flexibility index (Phi) is 9.08. The molecular formula is C24H12ClF11IN3O2. The fourth-order valence-electron chi connectivity index (χ4n) is 3.61. The predicted octanol–water partition coefficient (Wildman–Crippen LogP) is 8.32. The van der Waals surface area contributed by atoms with Gasteiger partial charge in [0.1, 0.15) is 5.15 Å². The Bertz CT molecular complexity index is 1530. The molecule has 0 aliphatic heterocycles. The average molecular weight is 746 g/mol. The molecule has 18 heteroatoms. The molecule has 2 amide bonds. The summed E-state index contributed by atoms with van der Waals surface area (Å²) >= 11 is 6.72. The van der Waals surface area contributed by atoms with Crippen molar-refractivity contribution in [1.29, 1.82) is 0 Å². The van der Waals surface area contributed by atoms with Crippen molar-refractivity contribution >= 4 is 57.4 Å². The maximum Gasteiger partial charge on any atom is 0.435 e. The second-order valence-electron chi connectivity index (χ2n) is 8.33. The number of nitrogens with one attached hydrogen (secondary N) is 1. The van der Waals surface area contributed by atoms with E-state index in [4.69, 9.17) is 11.6 Å². The molecule has 0 spiro atoms. The number of hydrogen-bond donors (Lipinski definition) is 1. The third kappa shape index (κ3) is 6.11. The van der Waals surface area contributed by atoms with Gasteiger partial charge in [-0.05, 0) is 59.0 Å². The van der Waals surface area contributed by atoms with E-state index in [1.54, 1.807) is 5.32 Å². The van der Waals surface area contributed by atoms with Gasteiger partial charge in [-0.15, -0.1) is 0 Å². The van der Waals surface area contributed by atoms with E-state index in [1.165, 1.54) is 18.3 Å². The Morgan fingerprint density at radius 2 is 1.48 bits per heavy atom. The first-order valence-corrected chi connectivity index (χ1v) is 12.3. The van der Waals surface area contributed by atoms with Gasteiger partial charge in [-0.2, -0.15) is 39.5 Å². The lowest BCUT2D eigenvalue weighted by molar-refractivity contribution is -0.348. The molecule has 0 saturated heterocycles. The summed E-state index contributed by atoms with van der Waals surface area (Å²) in [5, 5.41) is 1.35. The van der Waals surface area contributed by atoms with Gasteiger partial charge in [-0.1, -0.05) is 17.7 Å². The van der Waals surface area contributed by atoms with E-state index in [0.29, 0.717) is 4.90 Å². The zero-order chi connectivity index (χ0) is 32.0. The van der Waals surface area contributed by atoms with Crippen LogP contribution in [0.2, 0.25) is 5.15 Å². The van der Waals surface area contributed by atoms with Gasteiger partial charge < -0.3 is 10.2 Å². The molecule has 42 heavy (non-hydrogen) atoms. The third-order valence-electron chi connectivity index (χ3n) is 5.69. The first kappa shape index (κ1) is 33.3. The Morgan fingerprint density at radius 3 is 2.00 bits per heavy atom. The van der Waals surface area contributed by atoms with Gasteiger partial charge in [0, 0.05) is 22.4 Å². The fraction of sp³-hybridized carbons (Fsp3) is 0.208. The van der Waals surface area contributed by atoms with E-state index < -0.39 is 79.5 Å². The minimum absolute atomic E-state index is 0.177. The van der Waals surface area contributed by atoms with Gasteiger partial charge in [0.2, 0.25) is 0 Å². The number of hydrogen-bond acceptors (Lipinski definition) is 3. The van der Waals surface area contributed by atoms with E-state index in [1.807, 2.05) is 0 Å². The summed E-state index contributed by atoms with van der Waals surface area (Å²) in [5.41, 5.74) is -14.0. The summed E-state index contributed by atoms with van der Waals surface area (Å²) in [4.78, 5) is 30.0. The van der Waals surface area contributed by atoms with Crippen LogP contribution < -0.4 is 10.2 Å². The smallest absolute Gasteiger partial charge is 0.320 e. The average Bonchev–Trinajstić information content (AvgIpc) is 2.86. The number of anilines is 2. The van der Waals surface area contributed by atoms with Crippen molar-refractivity contribution in [2.24, 2.45) is 0 Å². The highest BCUT2D eigenvalue weighted by atomic mass is 127. The number of nitrogens with zero attached hydrogens (tertiary/aromatic N) is 2. The number of benzene rings is 2. The molecule has 0 unspecified atom stereocenters. The van der Waals surface area contributed by atoms with E-state index in [0.717, 1.165) is 47.8 Å². The first-order chi connectivity index (χ1) is 19.1. The highest BCUT2D eigenvalue weighted by molar-refractivity contribution is 14.1. The summed E-state index contributed by atoms with van der Waals surface area (Å²) in [5.74, 6) is -3.98. The number of halogens is 13. The van der Waals surface area contributed by atoms with Gasteiger partial charge in [0.15, 0.2) is 5.82 Å². The van der Waals surface area contributed by atoms with Gasteiger partial charge in [-0.3, -0.25) is 9.59 Å². The zero-order valence-electron chi connectivity index (χ0n) is 20.2. The first-order valence-electron chi connectivity index (χ1n) is 10.8. The van der Waals surface area contributed by atoms with E-state index in [2.05, 4.69) is 4.98 Å². The molecule has 3 rings (SSSR count). The van der Waals surface area contributed by atoms with Crippen LogP contribution in [0.25, 0.3) is 0 Å². The number of aromatic nitrogens is 1. The molecule has 1 heterocycles. The quantitative estimate of drug-likeness (QED) is 0.163. The van der Waals surface area contributed by atoms with Crippen LogP contribution >= 0.6 is 34.2 Å². The van der Waals surface area contributed by atoms with Crippen LogP contribution in [0.4, 0.5) is 59.7 Å². The third-order valence-corrected chi connectivity index (χ3v) is 6.84. The lowest BCUT2D eigenvalue weighted by Gasteiger charge is -2.31. The molecule has 0 aliphatic carbocycles. The summed E-state index contributed by atoms with van der Waals surface area (Å²) in [6, 6.07) is 4.50. The van der Waals surface area contributed by atoms with Crippen LogP contribution in [0.3, 0.4) is 0 Å². The molecule has 0 fully saturated rings. The maximum absolute atomic E-state index is 15.3. The number of carbonyl (C=O) groups is 2. The number of amides is 2. The number of pyridine rings is 1. The van der Waals surface area contributed by atoms with Crippen LogP contribution in [-0.2, 0) is 11.8 Å². The van der Waals surface area contributed by atoms with Crippen LogP contribution in [0.1, 0.15) is 31.8 Å². The van der Waals surface area contributed by atoms with Crippen molar-refractivity contribution in [3.05, 3.63) is 85.5 Å². The predicted molar refractivity (Wildman–Crippen MR) is 135 cm³/mol. The highest BCUT2D eigenvalue weighted by Gasteiger charge is 2.73. The fourth-order valence-corrected chi connectivity index (χ4v) is 4.58. The van der Waals surface area contributed by atoms with E-state index in [9.17, 15) is 53.5 Å². The number of rotatable bonds is 5. The normalized spacial score (nSPS) is 12.7. The van der Waals surface area contributed by atoms with Crippen molar-refractivity contribution in [3.63, 3.8) is 0 Å². The Balaban J connectivity index is 2.09. The largest absolute Gasteiger partial charge is 0.435 e. The molecule has 0 saturated carbocycles. The lowest BCUT2D eigenvalue weighted by atomic mass is 9.92. The van der Waals surface area contributed by atoms with Gasteiger partial charge in [0.05, 0.1) is 28.1 Å². The minimum Gasteiger partial charge on any atom is -0.320 e. The molecule has 5 nitrogen and oxygen atoms in total. The second-order valence-corrected chi connectivity index (χ2v) is 9.85. The van der Waals surface area contributed by atoms with Crippen molar-refractivity contribution in [3.8, 4) is 0 Å². The second kappa shape index (κ2) is 11.5. The number of alkyl halides is 10. The van der Waals surface area contributed by atoms with Crippen LogP contribution in [0, 0.1) is 9.39 Å². The minimum atomic E-state index is -6.71.